The van der Waals surface area contributed by atoms with Crippen molar-refractivity contribution in [1.82, 2.24) is 10.6 Å². The molecule has 0 saturated heterocycles. The Morgan fingerprint density at radius 2 is 1.83 bits per heavy atom. The summed E-state index contributed by atoms with van der Waals surface area (Å²) in [7, 11) is 0. The fourth-order valence-electron chi connectivity index (χ4n) is 1.64. The number of amides is 2. The van der Waals surface area contributed by atoms with Gasteiger partial charge in [0.25, 0.3) is 0 Å². The van der Waals surface area contributed by atoms with Crippen molar-refractivity contribution in [2.75, 3.05) is 6.61 Å². The van der Waals surface area contributed by atoms with Gasteiger partial charge in [-0.2, -0.15) is 0 Å². The number of rotatable bonds is 8. The first-order valence-corrected chi connectivity index (χ1v) is 6.31. The van der Waals surface area contributed by atoms with Crippen LogP contribution in [-0.4, -0.2) is 40.9 Å². The predicted octanol–water partition coefficient (Wildman–Crippen LogP) is 0.946. The minimum atomic E-state index is -1.14. The van der Waals surface area contributed by atoms with E-state index in [2.05, 4.69) is 24.5 Å². The van der Waals surface area contributed by atoms with E-state index in [1.165, 1.54) is 0 Å². The van der Waals surface area contributed by atoms with Gasteiger partial charge in [-0.3, -0.25) is 0 Å². The van der Waals surface area contributed by atoms with Crippen LogP contribution >= 0.6 is 0 Å². The second kappa shape index (κ2) is 8.74. The summed E-state index contributed by atoms with van der Waals surface area (Å²) in [5.41, 5.74) is 0. The molecule has 0 aromatic carbocycles. The molecular formula is C12H24N2O4. The van der Waals surface area contributed by atoms with Crippen LogP contribution in [0.2, 0.25) is 0 Å². The predicted molar refractivity (Wildman–Crippen MR) is 68.3 cm³/mol. The van der Waals surface area contributed by atoms with Crippen molar-refractivity contribution in [1.29, 1.82) is 0 Å². The Bertz CT molecular complexity index is 271. The van der Waals surface area contributed by atoms with Crippen LogP contribution in [0, 0.1) is 5.92 Å². The quantitative estimate of drug-likeness (QED) is 0.522. The fraction of sp³-hybridized carbons (Fsp3) is 0.833. The minimum absolute atomic E-state index is 0.00248. The normalized spacial score (nSPS) is 15.6. The van der Waals surface area contributed by atoms with E-state index in [4.69, 9.17) is 10.2 Å². The summed E-state index contributed by atoms with van der Waals surface area (Å²) in [6, 6.07) is -1.57. The number of aliphatic hydroxyl groups is 1. The van der Waals surface area contributed by atoms with Crippen LogP contribution in [0.5, 0.6) is 0 Å². The Morgan fingerprint density at radius 1 is 1.22 bits per heavy atom. The molecule has 0 aliphatic heterocycles. The zero-order valence-electron chi connectivity index (χ0n) is 11.3. The second-order valence-corrected chi connectivity index (χ2v) is 4.67. The smallest absolute Gasteiger partial charge is 0.326 e. The van der Waals surface area contributed by atoms with Gasteiger partial charge in [-0.15, -0.1) is 0 Å². The number of nitrogens with one attached hydrogen (secondary N) is 2. The van der Waals surface area contributed by atoms with Gasteiger partial charge in [0.05, 0.1) is 0 Å². The summed E-state index contributed by atoms with van der Waals surface area (Å²) in [5, 5.41) is 22.5. The van der Waals surface area contributed by atoms with Crippen LogP contribution in [0.25, 0.3) is 0 Å². The molecule has 0 spiro atoms. The largest absolute Gasteiger partial charge is 0.480 e. The van der Waals surface area contributed by atoms with Gasteiger partial charge in [-0.1, -0.05) is 20.3 Å². The van der Waals surface area contributed by atoms with E-state index in [1.54, 1.807) is 0 Å². The third-order valence-corrected chi connectivity index (χ3v) is 2.85. The molecule has 0 aromatic rings. The molecule has 0 aliphatic carbocycles. The Hall–Kier alpha value is -1.30. The molecule has 18 heavy (non-hydrogen) atoms. The molecule has 6 nitrogen and oxygen atoms in total. The van der Waals surface area contributed by atoms with E-state index in [-0.39, 0.29) is 19.1 Å². The average molecular weight is 260 g/mol. The van der Waals surface area contributed by atoms with Gasteiger partial charge in [0.1, 0.15) is 6.04 Å². The first-order chi connectivity index (χ1) is 8.40. The van der Waals surface area contributed by atoms with Crippen molar-refractivity contribution in [3.8, 4) is 0 Å². The monoisotopic (exact) mass is 260 g/mol. The zero-order chi connectivity index (χ0) is 14.1. The van der Waals surface area contributed by atoms with Crippen molar-refractivity contribution in [3.05, 3.63) is 0 Å². The number of hydrogen-bond donors (Lipinski definition) is 4. The number of carboxylic acid groups (broad SMARTS) is 1. The molecule has 4 N–H and O–H groups in total. The van der Waals surface area contributed by atoms with Gasteiger partial charge < -0.3 is 20.8 Å². The number of hydrogen-bond acceptors (Lipinski definition) is 3. The standard InChI is InChI=1S/C12H24N2O4/c1-4-8(2)7-9(3)13-12(18)14-10(5-6-15)11(16)17/h8-10,15H,4-7H2,1-3H3,(H,16,17)(H2,13,14,18)/t8?,9?,10-/m1/s1. The van der Waals surface area contributed by atoms with Gasteiger partial charge in [0, 0.05) is 19.1 Å². The third kappa shape index (κ3) is 7.11. The molecule has 0 aliphatic rings. The van der Waals surface area contributed by atoms with Crippen molar-refractivity contribution in [2.24, 2.45) is 5.92 Å². The second-order valence-electron chi connectivity index (χ2n) is 4.67. The number of carboxylic acids is 1. The van der Waals surface area contributed by atoms with E-state index in [1.807, 2.05) is 6.92 Å². The van der Waals surface area contributed by atoms with E-state index >= 15 is 0 Å². The molecule has 0 fully saturated rings. The molecule has 2 amide bonds. The van der Waals surface area contributed by atoms with Crippen LogP contribution in [0.4, 0.5) is 4.79 Å². The molecule has 0 heterocycles. The van der Waals surface area contributed by atoms with Crippen molar-refractivity contribution in [3.63, 3.8) is 0 Å². The Morgan fingerprint density at radius 3 is 2.28 bits per heavy atom. The van der Waals surface area contributed by atoms with Crippen LogP contribution in [-0.2, 0) is 4.79 Å². The van der Waals surface area contributed by atoms with Gasteiger partial charge in [0.2, 0.25) is 0 Å². The summed E-state index contributed by atoms with van der Waals surface area (Å²) < 4.78 is 0. The SMILES string of the molecule is CCC(C)CC(C)NC(=O)N[C@H](CCO)C(=O)O. The van der Waals surface area contributed by atoms with E-state index < -0.39 is 18.0 Å². The van der Waals surface area contributed by atoms with Gasteiger partial charge in [-0.05, 0) is 19.3 Å². The average Bonchev–Trinajstić information content (AvgIpc) is 2.27. The summed E-state index contributed by atoms with van der Waals surface area (Å²) >= 11 is 0. The van der Waals surface area contributed by atoms with E-state index in [9.17, 15) is 9.59 Å². The highest BCUT2D eigenvalue weighted by Gasteiger charge is 2.20. The Labute approximate surface area is 108 Å². The molecule has 0 saturated carbocycles. The Kier molecular flexibility index (Phi) is 8.11. The Balaban J connectivity index is 4.11. The number of carbonyl (C=O) groups excluding carboxylic acids is 1. The van der Waals surface area contributed by atoms with Gasteiger partial charge in [-0.25, -0.2) is 9.59 Å². The lowest BCUT2D eigenvalue weighted by atomic mass is 10.0. The van der Waals surface area contributed by atoms with E-state index in [0.717, 1.165) is 12.8 Å². The van der Waals surface area contributed by atoms with Crippen LogP contribution in [0.1, 0.15) is 40.0 Å². The van der Waals surface area contributed by atoms with Crippen molar-refractivity contribution >= 4 is 12.0 Å². The molecule has 2 unspecified atom stereocenters. The fourth-order valence-corrected chi connectivity index (χ4v) is 1.64. The molecular weight excluding hydrogens is 236 g/mol. The van der Waals surface area contributed by atoms with Gasteiger partial charge in [0.15, 0.2) is 0 Å². The zero-order valence-corrected chi connectivity index (χ0v) is 11.3. The van der Waals surface area contributed by atoms with Crippen LogP contribution < -0.4 is 10.6 Å². The number of aliphatic hydroxyl groups excluding tert-OH is 1. The maximum absolute atomic E-state index is 11.5. The summed E-state index contributed by atoms with van der Waals surface area (Å²) in [6.07, 6.45) is 1.89. The summed E-state index contributed by atoms with van der Waals surface area (Å²) in [6.45, 7) is 5.79. The van der Waals surface area contributed by atoms with Crippen molar-refractivity contribution < 1.29 is 19.8 Å². The first kappa shape index (κ1) is 16.7. The van der Waals surface area contributed by atoms with Crippen LogP contribution in [0.3, 0.4) is 0 Å². The van der Waals surface area contributed by atoms with E-state index in [0.29, 0.717) is 5.92 Å². The van der Waals surface area contributed by atoms with Gasteiger partial charge >= 0.3 is 12.0 Å². The molecule has 3 atom stereocenters. The lowest BCUT2D eigenvalue weighted by Crippen LogP contribution is -2.48. The highest BCUT2D eigenvalue weighted by atomic mass is 16.4. The maximum Gasteiger partial charge on any atom is 0.326 e. The number of aliphatic carboxylic acids is 1. The third-order valence-electron chi connectivity index (χ3n) is 2.85. The number of urea groups is 1. The highest BCUT2D eigenvalue weighted by Crippen LogP contribution is 2.09. The number of carbonyl (C=O) groups is 2. The molecule has 0 bridgehead atoms. The first-order valence-electron chi connectivity index (χ1n) is 6.31. The molecule has 0 rings (SSSR count). The molecule has 0 radical (unpaired) electrons. The maximum atomic E-state index is 11.5. The highest BCUT2D eigenvalue weighted by molar-refractivity contribution is 5.82. The molecule has 0 aromatic heterocycles. The molecule has 6 heteroatoms. The summed E-state index contributed by atoms with van der Waals surface area (Å²) in [4.78, 5) is 22.3. The summed E-state index contributed by atoms with van der Waals surface area (Å²) in [5.74, 6) is -0.637. The minimum Gasteiger partial charge on any atom is -0.480 e. The lowest BCUT2D eigenvalue weighted by Gasteiger charge is -2.20. The topological polar surface area (TPSA) is 98.7 Å². The lowest BCUT2D eigenvalue weighted by molar-refractivity contribution is -0.139. The van der Waals surface area contributed by atoms with Crippen molar-refractivity contribution in [2.45, 2.75) is 52.1 Å². The molecule has 106 valence electrons. The van der Waals surface area contributed by atoms with Crippen LogP contribution in [0.15, 0.2) is 0 Å².